The van der Waals surface area contributed by atoms with Crippen molar-refractivity contribution in [2.75, 3.05) is 0 Å². The topological polar surface area (TPSA) is 0 Å². The van der Waals surface area contributed by atoms with E-state index in [-0.39, 0.29) is 0 Å². The van der Waals surface area contributed by atoms with Crippen LogP contribution >= 0.6 is 12.1 Å². The molecule has 1 unspecified atom stereocenters. The Hall–Kier alpha value is 0.567. The molecule has 0 nitrogen and oxygen atoms in total. The van der Waals surface area contributed by atoms with Gasteiger partial charge in [0, 0.05) is 0 Å². The van der Waals surface area contributed by atoms with Crippen LogP contribution in [0, 0.1) is 11.8 Å². The minimum atomic E-state index is -1.20. The van der Waals surface area contributed by atoms with Gasteiger partial charge in [0.25, 0.3) is 0 Å². The Kier molecular flexibility index (Phi) is 7.22. The zero-order chi connectivity index (χ0) is 11.2. The van der Waals surface area contributed by atoms with Gasteiger partial charge in [-0.25, -0.2) is 0 Å². The van der Waals surface area contributed by atoms with Crippen LogP contribution in [0.1, 0.15) is 46.5 Å². The van der Waals surface area contributed by atoms with Crippen LogP contribution in [0.4, 0.5) is 0 Å². The first-order valence-electron chi connectivity index (χ1n) is 6.01. The zero-order valence-electron chi connectivity index (χ0n) is 10.6. The van der Waals surface area contributed by atoms with E-state index in [1.165, 1.54) is 31.7 Å². The molecule has 0 aromatic rings. The average molecular weight is 232 g/mol. The van der Waals surface area contributed by atoms with Gasteiger partial charge in [-0.1, -0.05) is 59.5 Å². The summed E-state index contributed by atoms with van der Waals surface area (Å²) in [7, 11) is -1.20. The van der Waals surface area contributed by atoms with Crippen LogP contribution in [-0.4, -0.2) is 7.22 Å². The Morgan fingerprint density at radius 1 is 1.00 bits per heavy atom. The Labute approximate surface area is 96.9 Å². The molecule has 1 radical (unpaired) electrons. The Morgan fingerprint density at radius 3 is 2.00 bits per heavy atom. The van der Waals surface area contributed by atoms with Gasteiger partial charge in [0.1, 0.15) is 7.22 Å². The molecule has 0 aromatic carbocycles. The van der Waals surface area contributed by atoms with Gasteiger partial charge < -0.3 is 0 Å². The molecule has 2 heteroatoms. The second-order valence-electron chi connectivity index (χ2n) is 5.73. The fourth-order valence-corrected chi connectivity index (χ4v) is 3.15. The number of hydrogen-bond donors (Lipinski definition) is 0. The standard InChI is InChI=1S/C12H27SSi/c1-11(2)7-6-8-12(3)9-10-14(4,5)13/h11-12H,6-10H2,1-5H3. The average Bonchev–Trinajstić information content (AvgIpc) is 1.99. The van der Waals surface area contributed by atoms with Crippen LogP contribution in [0.2, 0.25) is 19.1 Å². The lowest BCUT2D eigenvalue weighted by atomic mass is 9.98. The smallest absolute Gasteiger partial charge is 0.124 e. The van der Waals surface area contributed by atoms with Crippen molar-refractivity contribution in [3.05, 3.63) is 0 Å². The molecule has 0 saturated carbocycles. The molecule has 0 aliphatic carbocycles. The maximum atomic E-state index is 5.50. The van der Waals surface area contributed by atoms with Crippen LogP contribution in [0.3, 0.4) is 0 Å². The van der Waals surface area contributed by atoms with Gasteiger partial charge >= 0.3 is 0 Å². The molecule has 14 heavy (non-hydrogen) atoms. The third-order valence-electron chi connectivity index (χ3n) is 2.72. The largest absolute Gasteiger partial charge is 0.128 e. The van der Waals surface area contributed by atoms with E-state index < -0.39 is 7.22 Å². The quantitative estimate of drug-likeness (QED) is 0.526. The third-order valence-corrected chi connectivity index (χ3v) is 4.82. The molecule has 0 heterocycles. The Bertz CT molecular complexity index is 138. The molecule has 0 aromatic heterocycles. The van der Waals surface area contributed by atoms with Crippen molar-refractivity contribution in [3.63, 3.8) is 0 Å². The van der Waals surface area contributed by atoms with Gasteiger partial charge in [0.15, 0.2) is 0 Å². The highest BCUT2D eigenvalue weighted by Crippen LogP contribution is 2.23. The summed E-state index contributed by atoms with van der Waals surface area (Å²) in [4.78, 5) is 0. The maximum Gasteiger partial charge on any atom is 0.124 e. The predicted molar refractivity (Wildman–Crippen MR) is 72.4 cm³/mol. The summed E-state index contributed by atoms with van der Waals surface area (Å²) in [6.45, 7) is 11.6. The van der Waals surface area contributed by atoms with E-state index in [1.807, 2.05) is 0 Å². The van der Waals surface area contributed by atoms with Crippen molar-refractivity contribution in [3.8, 4) is 0 Å². The normalized spacial score (nSPS) is 14.8. The first-order chi connectivity index (χ1) is 6.31. The molecule has 0 rings (SSSR count). The fraction of sp³-hybridized carbons (Fsp3) is 1.00. The van der Waals surface area contributed by atoms with E-state index in [0.717, 1.165) is 11.8 Å². The SMILES string of the molecule is CC(C)CCCC(C)CC[Si](C)(C)[S]. The summed E-state index contributed by atoms with van der Waals surface area (Å²) in [6, 6.07) is 1.32. The summed E-state index contributed by atoms with van der Waals surface area (Å²) >= 11 is 5.50. The van der Waals surface area contributed by atoms with Gasteiger partial charge in [-0.2, -0.15) is 0 Å². The first kappa shape index (κ1) is 14.6. The summed E-state index contributed by atoms with van der Waals surface area (Å²) in [5, 5.41) is 0. The summed E-state index contributed by atoms with van der Waals surface area (Å²) in [5.74, 6) is 1.76. The highest BCUT2D eigenvalue weighted by Gasteiger charge is 2.16. The van der Waals surface area contributed by atoms with E-state index in [1.54, 1.807) is 0 Å². The molecular formula is C12H27SSi. The second-order valence-corrected chi connectivity index (χ2v) is 13.1. The third kappa shape index (κ3) is 10.6. The molecule has 0 bridgehead atoms. The lowest BCUT2D eigenvalue weighted by Gasteiger charge is -2.17. The molecule has 0 fully saturated rings. The van der Waals surface area contributed by atoms with E-state index in [4.69, 9.17) is 12.1 Å². The van der Waals surface area contributed by atoms with Crippen molar-refractivity contribution in [1.82, 2.24) is 0 Å². The number of hydrogen-bond acceptors (Lipinski definition) is 0. The summed E-state index contributed by atoms with van der Waals surface area (Å²) < 4.78 is 0. The molecule has 0 aliphatic heterocycles. The van der Waals surface area contributed by atoms with Crippen molar-refractivity contribution < 1.29 is 0 Å². The maximum absolute atomic E-state index is 5.50. The van der Waals surface area contributed by atoms with Crippen LogP contribution in [0.15, 0.2) is 0 Å². The van der Waals surface area contributed by atoms with Crippen LogP contribution in [-0.2, 0) is 0 Å². The minimum absolute atomic E-state index is 0.868. The second kappa shape index (κ2) is 6.94. The highest BCUT2D eigenvalue weighted by atomic mass is 32.3. The monoisotopic (exact) mass is 231 g/mol. The Balaban J connectivity index is 3.42. The van der Waals surface area contributed by atoms with Crippen molar-refractivity contribution in [2.45, 2.75) is 65.6 Å². The van der Waals surface area contributed by atoms with Crippen LogP contribution in [0.5, 0.6) is 0 Å². The molecule has 0 saturated heterocycles. The van der Waals surface area contributed by atoms with E-state index in [0.29, 0.717) is 0 Å². The van der Waals surface area contributed by atoms with Gasteiger partial charge in [0.2, 0.25) is 0 Å². The van der Waals surface area contributed by atoms with Gasteiger partial charge in [-0.05, 0) is 17.9 Å². The van der Waals surface area contributed by atoms with Crippen LogP contribution < -0.4 is 0 Å². The molecule has 85 valence electrons. The molecule has 0 aliphatic rings. The van der Waals surface area contributed by atoms with E-state index >= 15 is 0 Å². The summed E-state index contributed by atoms with van der Waals surface area (Å²) in [6.07, 6.45) is 5.55. The lowest BCUT2D eigenvalue weighted by molar-refractivity contribution is 0.448. The first-order valence-corrected chi connectivity index (χ1v) is 10.4. The van der Waals surface area contributed by atoms with E-state index in [2.05, 4.69) is 33.9 Å². The summed E-state index contributed by atoms with van der Waals surface area (Å²) in [5.41, 5.74) is 0. The molecule has 0 spiro atoms. The molecular weight excluding hydrogens is 204 g/mol. The van der Waals surface area contributed by atoms with Gasteiger partial charge in [0.05, 0.1) is 0 Å². The van der Waals surface area contributed by atoms with Crippen molar-refractivity contribution in [2.24, 2.45) is 11.8 Å². The Morgan fingerprint density at radius 2 is 1.57 bits per heavy atom. The zero-order valence-corrected chi connectivity index (χ0v) is 12.4. The molecule has 1 atom stereocenters. The predicted octanol–water partition coefficient (Wildman–Crippen LogP) is 5.24. The van der Waals surface area contributed by atoms with Crippen molar-refractivity contribution >= 4 is 19.3 Å². The highest BCUT2D eigenvalue weighted by molar-refractivity contribution is 8.14. The lowest BCUT2D eigenvalue weighted by Crippen LogP contribution is -2.17. The molecule has 0 amide bonds. The minimum Gasteiger partial charge on any atom is -0.128 e. The molecule has 0 N–H and O–H groups in total. The van der Waals surface area contributed by atoms with Gasteiger partial charge in [-0.15, -0.1) is 12.1 Å². The van der Waals surface area contributed by atoms with E-state index in [9.17, 15) is 0 Å². The fourth-order valence-electron chi connectivity index (χ4n) is 1.61. The van der Waals surface area contributed by atoms with Gasteiger partial charge in [-0.3, -0.25) is 0 Å². The van der Waals surface area contributed by atoms with Crippen molar-refractivity contribution in [1.29, 1.82) is 0 Å². The van der Waals surface area contributed by atoms with Crippen LogP contribution in [0.25, 0.3) is 0 Å². The number of rotatable bonds is 7.